The molecule has 0 bridgehead atoms. The monoisotopic (exact) mass is 773 g/mol. The summed E-state index contributed by atoms with van der Waals surface area (Å²) in [6.45, 7) is 9.53. The van der Waals surface area contributed by atoms with Crippen LogP contribution in [0.4, 0.5) is 0 Å². The van der Waals surface area contributed by atoms with Crippen LogP contribution in [0, 0.1) is 11.8 Å². The average molecular weight is 774 g/mol. The maximum Gasteiger partial charge on any atom is -0.0443 e. The Bertz CT molecular complexity index is 634. The fourth-order valence-corrected chi connectivity index (χ4v) is 9.18. The predicted molar refractivity (Wildman–Crippen MR) is 256 cm³/mol. The Labute approximate surface area is 352 Å². The zero-order chi connectivity index (χ0) is 39.8. The third-order valence-corrected chi connectivity index (χ3v) is 13.3. The smallest absolute Gasteiger partial charge is 0.0443 e. The van der Waals surface area contributed by atoms with Crippen molar-refractivity contribution < 1.29 is 0 Å². The van der Waals surface area contributed by atoms with Crippen molar-refractivity contribution in [3.05, 3.63) is 0 Å². The molecule has 332 valence electrons. The van der Waals surface area contributed by atoms with Gasteiger partial charge in [-0.05, 0) is 11.8 Å². The van der Waals surface area contributed by atoms with Crippen LogP contribution in [-0.4, -0.2) is 0 Å². The van der Waals surface area contributed by atoms with E-state index < -0.39 is 0 Å². The Kier molecular flexibility index (Phi) is 50.1. The van der Waals surface area contributed by atoms with Crippen molar-refractivity contribution in [1.29, 1.82) is 0 Å². The van der Waals surface area contributed by atoms with Gasteiger partial charge in [0.1, 0.15) is 0 Å². The molecule has 0 radical (unpaired) electrons. The summed E-state index contributed by atoms with van der Waals surface area (Å²) >= 11 is 0. The highest BCUT2D eigenvalue weighted by atomic mass is 14.1. The van der Waals surface area contributed by atoms with Crippen molar-refractivity contribution in [2.24, 2.45) is 11.8 Å². The van der Waals surface area contributed by atoms with Crippen LogP contribution in [0.1, 0.15) is 342 Å². The topological polar surface area (TPSA) is 0 Å². The SMILES string of the molecule is CCCCCCCCCC(C)CCCCCCCCCCCCCCCCCCCCCCCCCCCCCCCCCCCCCCCCCC(C)C. The first-order chi connectivity index (χ1) is 27.2. The van der Waals surface area contributed by atoms with Gasteiger partial charge in [0.05, 0.1) is 0 Å². The number of unbranched alkanes of at least 4 members (excludes halogenated alkanes) is 44. The van der Waals surface area contributed by atoms with Gasteiger partial charge in [-0.2, -0.15) is 0 Å². The van der Waals surface area contributed by atoms with Crippen molar-refractivity contribution in [1.82, 2.24) is 0 Å². The molecule has 0 heteroatoms. The predicted octanol–water partition coefficient (Wildman–Crippen LogP) is 21.4. The first-order valence-electron chi connectivity index (χ1n) is 27.2. The molecule has 0 saturated carbocycles. The zero-order valence-electron chi connectivity index (χ0n) is 39.8. The molecule has 0 amide bonds. The Morgan fingerprint density at radius 1 is 0.182 bits per heavy atom. The lowest BCUT2D eigenvalue weighted by molar-refractivity contribution is 0.430. The minimum Gasteiger partial charge on any atom is -0.0654 e. The number of hydrogen-bond acceptors (Lipinski definition) is 0. The third-order valence-electron chi connectivity index (χ3n) is 13.3. The van der Waals surface area contributed by atoms with E-state index >= 15 is 0 Å². The second kappa shape index (κ2) is 50.1. The minimum atomic E-state index is 0.895. The van der Waals surface area contributed by atoms with Gasteiger partial charge in [0.15, 0.2) is 0 Å². The second-order valence-corrected chi connectivity index (χ2v) is 19.8. The van der Waals surface area contributed by atoms with Gasteiger partial charge >= 0.3 is 0 Å². The van der Waals surface area contributed by atoms with E-state index in [0.717, 1.165) is 11.8 Å². The average Bonchev–Trinajstić information content (AvgIpc) is 3.18. The standard InChI is InChI=1S/C55H112/c1-5-6-7-8-42-46-49-52-55(4)53-50-47-44-41-39-37-35-33-31-29-27-25-23-21-19-17-15-13-11-9-10-12-14-16-18-20-22-24-26-28-30-32-34-36-38-40-43-45-48-51-54(2)3/h54-55H,5-53H2,1-4H3. The highest BCUT2D eigenvalue weighted by Gasteiger charge is 2.03. The molecule has 0 fully saturated rings. The molecule has 0 nitrogen and oxygen atoms in total. The summed E-state index contributed by atoms with van der Waals surface area (Å²) in [5.41, 5.74) is 0. The van der Waals surface area contributed by atoms with Crippen molar-refractivity contribution in [2.75, 3.05) is 0 Å². The van der Waals surface area contributed by atoms with Crippen molar-refractivity contribution in [2.45, 2.75) is 342 Å². The maximum absolute atomic E-state index is 2.50. The van der Waals surface area contributed by atoms with Gasteiger partial charge in [0, 0.05) is 0 Å². The summed E-state index contributed by atoms with van der Waals surface area (Å²) in [5.74, 6) is 1.86. The molecule has 0 rings (SSSR count). The van der Waals surface area contributed by atoms with Crippen LogP contribution >= 0.6 is 0 Å². The van der Waals surface area contributed by atoms with E-state index in [9.17, 15) is 0 Å². The fraction of sp³-hybridized carbons (Fsp3) is 1.00. The van der Waals surface area contributed by atoms with Gasteiger partial charge in [-0.15, -0.1) is 0 Å². The van der Waals surface area contributed by atoms with Crippen LogP contribution < -0.4 is 0 Å². The number of hydrogen-bond donors (Lipinski definition) is 0. The fourth-order valence-electron chi connectivity index (χ4n) is 9.18. The van der Waals surface area contributed by atoms with Crippen molar-refractivity contribution in [3.63, 3.8) is 0 Å². The van der Waals surface area contributed by atoms with Crippen LogP contribution in [0.25, 0.3) is 0 Å². The minimum absolute atomic E-state index is 0.895. The molecular formula is C55H112. The molecule has 0 aromatic rings. The lowest BCUT2D eigenvalue weighted by Crippen LogP contribution is -1.95. The molecular weight excluding hydrogens is 661 g/mol. The molecule has 0 saturated heterocycles. The molecule has 0 aliphatic rings. The normalized spacial score (nSPS) is 12.4. The van der Waals surface area contributed by atoms with Crippen LogP contribution in [-0.2, 0) is 0 Å². The largest absolute Gasteiger partial charge is 0.0654 e. The lowest BCUT2D eigenvalue weighted by Gasteiger charge is -2.11. The molecule has 0 heterocycles. The lowest BCUT2D eigenvalue weighted by atomic mass is 9.95. The second-order valence-electron chi connectivity index (χ2n) is 19.8. The molecule has 0 aliphatic carbocycles. The van der Waals surface area contributed by atoms with Crippen LogP contribution in [0.2, 0.25) is 0 Å². The van der Waals surface area contributed by atoms with Gasteiger partial charge in [0.25, 0.3) is 0 Å². The van der Waals surface area contributed by atoms with Crippen LogP contribution in [0.15, 0.2) is 0 Å². The van der Waals surface area contributed by atoms with E-state index in [-0.39, 0.29) is 0 Å². The Morgan fingerprint density at radius 2 is 0.327 bits per heavy atom. The maximum atomic E-state index is 2.50. The van der Waals surface area contributed by atoms with Crippen molar-refractivity contribution >= 4 is 0 Å². The molecule has 0 aromatic heterocycles. The Balaban J connectivity index is 3.09. The molecule has 55 heavy (non-hydrogen) atoms. The number of rotatable bonds is 50. The van der Waals surface area contributed by atoms with Gasteiger partial charge in [-0.3, -0.25) is 0 Å². The van der Waals surface area contributed by atoms with E-state index in [1.54, 1.807) is 0 Å². The van der Waals surface area contributed by atoms with E-state index in [1.165, 1.54) is 315 Å². The Morgan fingerprint density at radius 3 is 0.491 bits per heavy atom. The highest BCUT2D eigenvalue weighted by Crippen LogP contribution is 2.21. The molecule has 0 N–H and O–H groups in total. The highest BCUT2D eigenvalue weighted by molar-refractivity contribution is 4.57. The molecule has 0 spiro atoms. The van der Waals surface area contributed by atoms with Gasteiger partial charge in [-0.1, -0.05) is 342 Å². The molecule has 0 aliphatic heterocycles. The van der Waals surface area contributed by atoms with Gasteiger partial charge < -0.3 is 0 Å². The van der Waals surface area contributed by atoms with Gasteiger partial charge in [-0.25, -0.2) is 0 Å². The van der Waals surface area contributed by atoms with E-state index in [2.05, 4.69) is 27.7 Å². The van der Waals surface area contributed by atoms with E-state index in [4.69, 9.17) is 0 Å². The van der Waals surface area contributed by atoms with Crippen LogP contribution in [0.5, 0.6) is 0 Å². The van der Waals surface area contributed by atoms with E-state index in [1.807, 2.05) is 0 Å². The molecule has 1 atom stereocenters. The third kappa shape index (κ3) is 52.0. The summed E-state index contributed by atoms with van der Waals surface area (Å²) in [6.07, 6.45) is 72.8. The summed E-state index contributed by atoms with van der Waals surface area (Å²) in [6, 6.07) is 0. The molecule has 1 unspecified atom stereocenters. The summed E-state index contributed by atoms with van der Waals surface area (Å²) in [5, 5.41) is 0. The quantitative estimate of drug-likeness (QED) is 0.0540. The summed E-state index contributed by atoms with van der Waals surface area (Å²) in [4.78, 5) is 0. The van der Waals surface area contributed by atoms with Crippen LogP contribution in [0.3, 0.4) is 0 Å². The first-order valence-corrected chi connectivity index (χ1v) is 27.2. The Hall–Kier alpha value is 0. The first kappa shape index (κ1) is 55.0. The molecule has 0 aromatic carbocycles. The van der Waals surface area contributed by atoms with Gasteiger partial charge in [0.2, 0.25) is 0 Å². The van der Waals surface area contributed by atoms with Crippen molar-refractivity contribution in [3.8, 4) is 0 Å². The summed E-state index contributed by atoms with van der Waals surface area (Å²) in [7, 11) is 0. The van der Waals surface area contributed by atoms with E-state index in [0.29, 0.717) is 0 Å². The summed E-state index contributed by atoms with van der Waals surface area (Å²) < 4.78 is 0. The zero-order valence-corrected chi connectivity index (χ0v) is 39.8.